The van der Waals surface area contributed by atoms with Crippen molar-refractivity contribution in [2.75, 3.05) is 6.61 Å². The fourth-order valence-electron chi connectivity index (χ4n) is 1.63. The Hall–Kier alpha value is -0.820. The van der Waals surface area contributed by atoms with Crippen molar-refractivity contribution in [2.45, 2.75) is 25.3 Å². The lowest BCUT2D eigenvalue weighted by Crippen LogP contribution is -2.38. The molecule has 14 heavy (non-hydrogen) atoms. The second-order valence-corrected chi connectivity index (χ2v) is 5.14. The second kappa shape index (κ2) is 3.09. The van der Waals surface area contributed by atoms with E-state index in [-0.39, 0.29) is 6.61 Å². The Kier molecular flexibility index (Phi) is 2.15. The van der Waals surface area contributed by atoms with Gasteiger partial charge in [0, 0.05) is 0 Å². The maximum atomic E-state index is 11.1. The molecule has 1 saturated carbocycles. The first-order chi connectivity index (χ1) is 6.50. The summed E-state index contributed by atoms with van der Waals surface area (Å²) in [5, 5.41) is 8.72. The first-order valence-corrected chi connectivity index (χ1v) is 5.79. The van der Waals surface area contributed by atoms with Crippen molar-refractivity contribution in [1.82, 2.24) is 4.31 Å². The molecule has 2 aliphatic rings. The summed E-state index contributed by atoms with van der Waals surface area (Å²) in [5.74, 6) is 0.471. The Morgan fingerprint density at radius 3 is 2.64 bits per heavy atom. The molecule has 1 N–H and O–H groups in total. The molecule has 2 fully saturated rings. The molecule has 0 spiro atoms. The Morgan fingerprint density at radius 1 is 1.50 bits per heavy atom. The lowest BCUT2D eigenvalue weighted by molar-refractivity contribution is 0.162. The van der Waals surface area contributed by atoms with Crippen LogP contribution in [0.25, 0.3) is 0 Å². The van der Waals surface area contributed by atoms with Gasteiger partial charge in [-0.15, -0.1) is 0 Å². The number of hydrogen-bond acceptors (Lipinski definition) is 4. The van der Waals surface area contributed by atoms with Crippen LogP contribution in [0.5, 0.6) is 0 Å². The van der Waals surface area contributed by atoms with Crippen molar-refractivity contribution in [3.8, 4) is 0 Å². The maximum absolute atomic E-state index is 11.1. The molecule has 1 atom stereocenters. The van der Waals surface area contributed by atoms with Gasteiger partial charge in [0.2, 0.25) is 0 Å². The maximum Gasteiger partial charge on any atom is 0.423 e. The Bertz CT molecular complexity index is 347. The molecule has 1 heterocycles. The van der Waals surface area contributed by atoms with E-state index in [1.54, 1.807) is 0 Å². The quantitative estimate of drug-likeness (QED) is 0.730. The van der Waals surface area contributed by atoms with Crippen molar-refractivity contribution in [3.05, 3.63) is 0 Å². The molecule has 1 unspecified atom stereocenters. The summed E-state index contributed by atoms with van der Waals surface area (Å²) >= 11 is 0. The third-order valence-electron chi connectivity index (χ3n) is 2.47. The smallest absolute Gasteiger partial charge is 0.423 e. The lowest BCUT2D eigenvalue weighted by Gasteiger charge is -2.16. The zero-order valence-electron chi connectivity index (χ0n) is 7.42. The highest BCUT2D eigenvalue weighted by Gasteiger charge is 2.44. The van der Waals surface area contributed by atoms with E-state index in [1.807, 2.05) is 0 Å². The molecular formula is C7H11NO5S. The van der Waals surface area contributed by atoms with E-state index in [2.05, 4.69) is 4.18 Å². The average molecular weight is 221 g/mol. The van der Waals surface area contributed by atoms with Gasteiger partial charge >= 0.3 is 16.4 Å². The third kappa shape index (κ3) is 1.69. The van der Waals surface area contributed by atoms with E-state index >= 15 is 0 Å². The van der Waals surface area contributed by atoms with Crippen LogP contribution in [0.2, 0.25) is 0 Å². The zero-order valence-corrected chi connectivity index (χ0v) is 8.24. The topological polar surface area (TPSA) is 83.9 Å². The van der Waals surface area contributed by atoms with Crippen LogP contribution in [0.1, 0.15) is 19.3 Å². The minimum absolute atomic E-state index is 0.0366. The fourth-order valence-corrected chi connectivity index (χ4v) is 2.77. The molecule has 6 nitrogen and oxygen atoms in total. The summed E-state index contributed by atoms with van der Waals surface area (Å²) in [6.45, 7) is -0.0366. The van der Waals surface area contributed by atoms with Crippen molar-refractivity contribution < 1.29 is 22.5 Å². The molecule has 2 rings (SSSR count). The molecule has 0 bridgehead atoms. The molecular weight excluding hydrogens is 210 g/mol. The predicted molar refractivity (Wildman–Crippen MR) is 45.9 cm³/mol. The molecule has 1 aliphatic heterocycles. The molecule has 1 amide bonds. The van der Waals surface area contributed by atoms with Crippen molar-refractivity contribution >= 4 is 16.4 Å². The van der Waals surface area contributed by atoms with E-state index in [0.717, 1.165) is 12.8 Å². The van der Waals surface area contributed by atoms with Crippen LogP contribution >= 0.6 is 0 Å². The summed E-state index contributed by atoms with van der Waals surface area (Å²) < 4.78 is 27.2. The monoisotopic (exact) mass is 221 g/mol. The number of nitrogens with zero attached hydrogens (tertiary/aromatic N) is 1. The minimum Gasteiger partial charge on any atom is -0.464 e. The van der Waals surface area contributed by atoms with Crippen LogP contribution < -0.4 is 0 Å². The van der Waals surface area contributed by atoms with E-state index in [1.165, 1.54) is 0 Å². The van der Waals surface area contributed by atoms with Crippen LogP contribution in [0.4, 0.5) is 4.79 Å². The van der Waals surface area contributed by atoms with Gasteiger partial charge in [0.15, 0.2) is 0 Å². The number of rotatable bonds is 2. The summed E-state index contributed by atoms with van der Waals surface area (Å²) in [5.41, 5.74) is 0. The molecule has 0 radical (unpaired) electrons. The Labute approximate surface area is 81.7 Å². The number of amides is 1. The number of hydrogen-bond donors (Lipinski definition) is 1. The highest BCUT2D eigenvalue weighted by atomic mass is 32.2. The van der Waals surface area contributed by atoms with Gasteiger partial charge in [0.05, 0.1) is 12.6 Å². The zero-order chi connectivity index (χ0) is 10.3. The van der Waals surface area contributed by atoms with Crippen LogP contribution in [-0.2, 0) is 14.5 Å². The minimum atomic E-state index is -4.02. The Balaban J connectivity index is 2.13. The van der Waals surface area contributed by atoms with E-state index in [0.29, 0.717) is 16.6 Å². The normalized spacial score (nSPS) is 30.6. The second-order valence-electron chi connectivity index (χ2n) is 3.65. The number of carboxylic acid groups (broad SMARTS) is 1. The van der Waals surface area contributed by atoms with Crippen molar-refractivity contribution in [1.29, 1.82) is 0 Å². The summed E-state index contributed by atoms with van der Waals surface area (Å²) in [6.07, 6.45) is 1.26. The largest absolute Gasteiger partial charge is 0.464 e. The van der Waals surface area contributed by atoms with Gasteiger partial charge in [-0.1, -0.05) is 12.8 Å². The van der Waals surface area contributed by atoms with Gasteiger partial charge < -0.3 is 5.11 Å². The third-order valence-corrected chi connectivity index (χ3v) is 3.84. The molecule has 0 aromatic rings. The highest BCUT2D eigenvalue weighted by molar-refractivity contribution is 7.85. The first kappa shape index (κ1) is 9.72. The average Bonchev–Trinajstić information content (AvgIpc) is 2.77. The van der Waals surface area contributed by atoms with E-state index < -0.39 is 22.4 Å². The van der Waals surface area contributed by atoms with Gasteiger partial charge in [-0.25, -0.2) is 4.79 Å². The summed E-state index contributed by atoms with van der Waals surface area (Å²) in [6, 6.07) is -0.523. The molecule has 0 aromatic heterocycles. The molecule has 1 saturated heterocycles. The molecule has 1 aliphatic carbocycles. The van der Waals surface area contributed by atoms with Crippen molar-refractivity contribution in [2.24, 2.45) is 5.92 Å². The lowest BCUT2D eigenvalue weighted by atomic mass is 10.1. The van der Waals surface area contributed by atoms with Gasteiger partial charge in [-0.05, 0) is 12.3 Å². The SMILES string of the molecule is O=C(O)N1C(CC2CC2)COS1(=O)=O. The fraction of sp³-hybridized carbons (Fsp3) is 0.857. The van der Waals surface area contributed by atoms with E-state index in [9.17, 15) is 13.2 Å². The van der Waals surface area contributed by atoms with Crippen molar-refractivity contribution in [3.63, 3.8) is 0 Å². The van der Waals surface area contributed by atoms with Crippen LogP contribution in [0.3, 0.4) is 0 Å². The van der Waals surface area contributed by atoms with Gasteiger partial charge in [0.25, 0.3) is 0 Å². The standard InChI is InChI=1S/C7H11NO5S/c9-7(10)8-6(3-5-1-2-5)4-13-14(8,11)12/h5-6H,1-4H2,(H,9,10). The Morgan fingerprint density at radius 2 is 2.14 bits per heavy atom. The van der Waals surface area contributed by atoms with Crippen LogP contribution in [-0.4, -0.2) is 36.6 Å². The predicted octanol–water partition coefficient (Wildman–Crippen LogP) is 0.410. The number of carbonyl (C=O) groups is 1. The highest BCUT2D eigenvalue weighted by Crippen LogP contribution is 2.37. The molecule has 7 heteroatoms. The van der Waals surface area contributed by atoms with Gasteiger partial charge in [0.1, 0.15) is 0 Å². The van der Waals surface area contributed by atoms with Crippen LogP contribution in [0, 0.1) is 5.92 Å². The molecule has 0 aromatic carbocycles. The summed E-state index contributed by atoms with van der Waals surface area (Å²) in [7, 11) is -4.02. The van der Waals surface area contributed by atoms with Crippen LogP contribution in [0.15, 0.2) is 0 Å². The van der Waals surface area contributed by atoms with Gasteiger partial charge in [-0.3, -0.25) is 4.18 Å². The summed E-state index contributed by atoms with van der Waals surface area (Å²) in [4.78, 5) is 10.7. The van der Waals surface area contributed by atoms with Gasteiger partial charge in [-0.2, -0.15) is 12.7 Å². The first-order valence-electron chi connectivity index (χ1n) is 4.42. The molecule has 80 valence electrons. The van der Waals surface area contributed by atoms with E-state index in [4.69, 9.17) is 5.11 Å².